The van der Waals surface area contributed by atoms with Crippen LogP contribution in [0.3, 0.4) is 0 Å². The Kier molecular flexibility index (Phi) is 13.3. The summed E-state index contributed by atoms with van der Waals surface area (Å²) in [5.41, 5.74) is 16.1. The number of halogens is 1. The Morgan fingerprint density at radius 1 is 0.680 bits per heavy atom. The van der Waals surface area contributed by atoms with E-state index in [1.54, 1.807) is 51.2 Å². The number of hydrogen-bond acceptors (Lipinski definition) is 10. The predicted octanol–water partition coefficient (Wildman–Crippen LogP) is 7.17. The minimum atomic E-state index is -2.42. The molecular weight excluding hydrogens is 689 g/mol. The zero-order chi connectivity index (χ0) is 37.8. The number of aromatic nitrogens is 4. The number of rotatable bonds is 6. The Bertz CT molecular complexity index is 1840. The first kappa shape index (κ1) is 41.4. The summed E-state index contributed by atoms with van der Waals surface area (Å²) >= 11 is 5.49. The number of nitrogens with two attached hydrogens (primary N) is 2. The van der Waals surface area contributed by atoms with Crippen LogP contribution in [0, 0.1) is 0 Å². The van der Waals surface area contributed by atoms with Gasteiger partial charge in [-0.1, -0.05) is 33.8 Å². The summed E-state index contributed by atoms with van der Waals surface area (Å²) in [6.07, 6.45) is 7.17. The first-order chi connectivity index (χ1) is 22.9. The van der Waals surface area contributed by atoms with Gasteiger partial charge in [-0.2, -0.15) is 0 Å². The van der Waals surface area contributed by atoms with E-state index in [-0.39, 0.29) is 11.2 Å². The fourth-order valence-electron chi connectivity index (χ4n) is 4.71. The molecule has 3 heterocycles. The molecule has 2 aromatic heterocycles. The average Bonchev–Trinajstić information content (AvgIpc) is 3.23. The molecule has 0 spiro atoms. The first-order valence-corrected chi connectivity index (χ1v) is 22.1. The fraction of sp³-hybridized carbons (Fsp3) is 0.444. The molecule has 0 amide bonds. The zero-order valence-corrected chi connectivity index (χ0v) is 33.9. The van der Waals surface area contributed by atoms with E-state index in [2.05, 4.69) is 47.6 Å². The molecule has 0 unspecified atom stereocenters. The van der Waals surface area contributed by atoms with Gasteiger partial charge in [0.1, 0.15) is 14.3 Å². The van der Waals surface area contributed by atoms with Gasteiger partial charge >= 0.3 is 7.12 Å². The Morgan fingerprint density at radius 2 is 1.08 bits per heavy atom. The summed E-state index contributed by atoms with van der Waals surface area (Å²) in [5.74, 6) is 1.50. The molecule has 1 aliphatic heterocycles. The number of nitrogens with zero attached hydrogens (tertiary/aromatic N) is 4. The van der Waals surface area contributed by atoms with Crippen molar-refractivity contribution >= 4 is 60.4 Å². The molecule has 0 aliphatic carbocycles. The van der Waals surface area contributed by atoms with Crippen molar-refractivity contribution in [2.75, 3.05) is 38.1 Å². The highest BCUT2D eigenvalue weighted by Gasteiger charge is 2.51. The molecule has 0 atom stereocenters. The van der Waals surface area contributed by atoms with Gasteiger partial charge in [0.25, 0.3) is 0 Å². The lowest BCUT2D eigenvalue weighted by Gasteiger charge is -2.32. The highest BCUT2D eigenvalue weighted by atomic mass is 35.5. The van der Waals surface area contributed by atoms with Gasteiger partial charge in [0.2, 0.25) is 5.28 Å². The first-order valence-electron chi connectivity index (χ1n) is 16.5. The standard InChI is InChI=1S/C15H20N3OP.C14H23BNO3P.C7H9ClN2/c1-10(2)12-8-17-15(18-9-12)11-5-6-13(16)14(7-11)20(3,4)19;1-13(2)14(3,4)19-15(18-13)10-7-8-11(16)12(9-10)20(5,6)17;1-5(2)6-3-9-7(8)10-4-6/h5-10H,16H2,1-4H3;7-9H,16H2,1-6H3;3-5H,1-2H3. The molecule has 1 aliphatic rings. The number of hydrogen-bond donors (Lipinski definition) is 2. The molecule has 50 heavy (non-hydrogen) atoms. The summed E-state index contributed by atoms with van der Waals surface area (Å²) < 4.78 is 36.6. The van der Waals surface area contributed by atoms with Crippen molar-refractivity contribution in [2.45, 2.75) is 78.4 Å². The van der Waals surface area contributed by atoms with E-state index in [1.165, 1.54) is 0 Å². The quantitative estimate of drug-likeness (QED) is 0.0900. The van der Waals surface area contributed by atoms with Crippen LogP contribution >= 0.6 is 25.9 Å². The fourth-order valence-corrected chi connectivity index (χ4v) is 7.11. The molecule has 1 saturated heterocycles. The lowest BCUT2D eigenvalue weighted by molar-refractivity contribution is 0.00578. The molecule has 5 rings (SSSR count). The second kappa shape index (κ2) is 16.1. The van der Waals surface area contributed by atoms with Crippen LogP contribution in [0.1, 0.15) is 78.4 Å². The third-order valence-corrected chi connectivity index (χ3v) is 12.0. The average molecular weight is 741 g/mol. The molecule has 0 saturated carbocycles. The molecule has 4 N–H and O–H groups in total. The Morgan fingerprint density at radius 3 is 1.50 bits per heavy atom. The van der Waals surface area contributed by atoms with Crippen molar-refractivity contribution in [1.82, 2.24) is 19.9 Å². The van der Waals surface area contributed by atoms with Gasteiger partial charge in [-0.15, -0.1) is 0 Å². The minimum Gasteiger partial charge on any atom is -0.399 e. The number of anilines is 2. The summed E-state index contributed by atoms with van der Waals surface area (Å²) in [6.45, 7) is 23.3. The van der Waals surface area contributed by atoms with E-state index in [0.29, 0.717) is 44.9 Å². The highest BCUT2D eigenvalue weighted by molar-refractivity contribution is 7.70. The lowest BCUT2D eigenvalue weighted by atomic mass is 9.79. The molecule has 0 radical (unpaired) electrons. The summed E-state index contributed by atoms with van der Waals surface area (Å²) in [5, 5.41) is 1.68. The second-order valence-corrected chi connectivity index (χ2v) is 21.5. The van der Waals surface area contributed by atoms with Gasteiger partial charge in [-0.05, 0) is 125 Å². The van der Waals surface area contributed by atoms with E-state index in [9.17, 15) is 9.13 Å². The van der Waals surface area contributed by atoms with Crippen LogP contribution < -0.4 is 27.5 Å². The van der Waals surface area contributed by atoms with Gasteiger partial charge in [0, 0.05) is 52.3 Å². The van der Waals surface area contributed by atoms with E-state index in [4.69, 9.17) is 32.4 Å². The van der Waals surface area contributed by atoms with Crippen molar-refractivity contribution < 1.29 is 18.4 Å². The molecule has 10 nitrogen and oxygen atoms in total. The van der Waals surface area contributed by atoms with Crippen molar-refractivity contribution in [3.8, 4) is 11.4 Å². The van der Waals surface area contributed by atoms with E-state index in [1.807, 2.05) is 64.4 Å². The van der Waals surface area contributed by atoms with Gasteiger partial charge in [0.05, 0.1) is 11.2 Å². The molecular formula is C36H52BClN6O4P2. The van der Waals surface area contributed by atoms with Gasteiger partial charge in [0.15, 0.2) is 5.82 Å². The monoisotopic (exact) mass is 740 g/mol. The van der Waals surface area contributed by atoms with Crippen LogP contribution in [0.15, 0.2) is 61.2 Å². The number of benzene rings is 2. The molecule has 0 bridgehead atoms. The van der Waals surface area contributed by atoms with E-state index in [0.717, 1.165) is 22.2 Å². The van der Waals surface area contributed by atoms with Crippen molar-refractivity contribution in [3.05, 3.63) is 77.6 Å². The second-order valence-electron chi connectivity index (χ2n) is 14.8. The third kappa shape index (κ3) is 10.7. The maximum atomic E-state index is 12.3. The van der Waals surface area contributed by atoms with Crippen LogP contribution in [0.4, 0.5) is 11.4 Å². The Hall–Kier alpha value is -3.07. The Balaban J connectivity index is 0.000000214. The summed E-state index contributed by atoms with van der Waals surface area (Å²) in [4.78, 5) is 16.5. The smallest absolute Gasteiger partial charge is 0.399 e. The molecule has 2 aromatic carbocycles. The van der Waals surface area contributed by atoms with Crippen LogP contribution in [0.5, 0.6) is 0 Å². The third-order valence-electron chi connectivity index (χ3n) is 8.67. The predicted molar refractivity (Wildman–Crippen MR) is 212 cm³/mol. The van der Waals surface area contributed by atoms with Crippen LogP contribution in [0.25, 0.3) is 11.4 Å². The van der Waals surface area contributed by atoms with Crippen molar-refractivity contribution in [1.29, 1.82) is 0 Å². The molecule has 270 valence electrons. The molecule has 4 aromatic rings. The van der Waals surface area contributed by atoms with Crippen LogP contribution in [-0.4, -0.2) is 64.9 Å². The number of nitrogen functional groups attached to an aromatic ring is 2. The van der Waals surface area contributed by atoms with E-state index < -0.39 is 21.4 Å². The van der Waals surface area contributed by atoms with Crippen molar-refractivity contribution in [3.63, 3.8) is 0 Å². The molecule has 1 fully saturated rings. The summed E-state index contributed by atoms with van der Waals surface area (Å²) in [6, 6.07) is 11.0. The summed E-state index contributed by atoms with van der Waals surface area (Å²) in [7, 11) is -5.29. The zero-order valence-electron chi connectivity index (χ0n) is 31.4. The van der Waals surface area contributed by atoms with Crippen LogP contribution in [-0.2, 0) is 18.4 Å². The largest absolute Gasteiger partial charge is 0.494 e. The lowest BCUT2D eigenvalue weighted by Crippen LogP contribution is -2.41. The minimum absolute atomic E-state index is 0.310. The maximum absolute atomic E-state index is 12.3. The maximum Gasteiger partial charge on any atom is 0.494 e. The van der Waals surface area contributed by atoms with Crippen LogP contribution in [0.2, 0.25) is 5.28 Å². The van der Waals surface area contributed by atoms with Gasteiger partial charge in [-0.3, -0.25) is 0 Å². The van der Waals surface area contributed by atoms with Gasteiger partial charge in [-0.25, -0.2) is 19.9 Å². The SMILES string of the molecule is CC(C)c1cnc(-c2ccc(N)c(P(C)(C)=O)c2)nc1.CC(C)c1cnc(Cl)nc1.CC1(C)OB(c2ccc(N)c(P(C)(C)=O)c2)OC1(C)C. The van der Waals surface area contributed by atoms with E-state index >= 15 is 0 Å². The highest BCUT2D eigenvalue weighted by Crippen LogP contribution is 2.39. The van der Waals surface area contributed by atoms with Gasteiger partial charge < -0.3 is 29.9 Å². The normalized spacial score (nSPS) is 15.3. The molecule has 14 heteroatoms. The Labute approximate surface area is 303 Å². The topological polar surface area (TPSA) is 156 Å². The van der Waals surface area contributed by atoms with Crippen molar-refractivity contribution in [2.24, 2.45) is 0 Å².